The molecule has 1 aliphatic rings. The fourth-order valence-corrected chi connectivity index (χ4v) is 2.80. The number of aromatic nitrogens is 4. The molecule has 2 aromatic carbocycles. The average molecular weight is 354 g/mol. The molecule has 0 saturated heterocycles. The van der Waals surface area contributed by atoms with Crippen molar-refractivity contribution in [3.05, 3.63) is 59.1 Å². The Kier molecular flexibility index (Phi) is 4.19. The predicted octanol–water partition coefficient (Wildman–Crippen LogP) is 3.51. The summed E-state index contributed by atoms with van der Waals surface area (Å²) in [5.41, 5.74) is 2.53. The molecule has 0 radical (unpaired) electrons. The molecular formula is C18H16ClN5O. The van der Waals surface area contributed by atoms with Crippen molar-refractivity contribution >= 4 is 23.2 Å². The Hall–Kier alpha value is -2.73. The summed E-state index contributed by atoms with van der Waals surface area (Å²) in [6.45, 7) is 0. The molecule has 7 heteroatoms. The first-order valence-corrected chi connectivity index (χ1v) is 8.49. The maximum atomic E-state index is 12.3. The first-order chi connectivity index (χ1) is 12.2. The van der Waals surface area contributed by atoms with Gasteiger partial charge < -0.3 is 5.32 Å². The van der Waals surface area contributed by atoms with Gasteiger partial charge in [0.05, 0.1) is 12.5 Å². The second-order valence-electron chi connectivity index (χ2n) is 6.11. The van der Waals surface area contributed by atoms with Crippen LogP contribution in [-0.4, -0.2) is 26.1 Å². The molecule has 0 unspecified atom stereocenters. The Labute approximate surface area is 149 Å². The normalized spacial score (nSPS) is 13.6. The topological polar surface area (TPSA) is 72.7 Å². The number of halogens is 1. The highest BCUT2D eigenvalue weighted by Gasteiger charge is 2.28. The van der Waals surface area contributed by atoms with Crippen LogP contribution in [0.4, 0.5) is 5.69 Å². The molecule has 25 heavy (non-hydrogen) atoms. The number of hydrogen-bond donors (Lipinski definition) is 1. The number of hydrogen-bond acceptors (Lipinski definition) is 4. The Morgan fingerprint density at radius 1 is 1.20 bits per heavy atom. The minimum absolute atomic E-state index is 0.0822. The van der Waals surface area contributed by atoms with Gasteiger partial charge in [-0.05, 0) is 53.1 Å². The molecule has 3 aromatic rings. The van der Waals surface area contributed by atoms with Crippen molar-refractivity contribution in [1.29, 1.82) is 0 Å². The largest absolute Gasteiger partial charge is 0.326 e. The molecule has 1 fully saturated rings. The predicted molar refractivity (Wildman–Crippen MR) is 95.3 cm³/mol. The summed E-state index contributed by atoms with van der Waals surface area (Å²) in [5, 5.41) is 15.5. The summed E-state index contributed by atoms with van der Waals surface area (Å²) in [5.74, 6) is 0.651. The summed E-state index contributed by atoms with van der Waals surface area (Å²) in [4.78, 5) is 12.3. The van der Waals surface area contributed by atoms with Gasteiger partial charge >= 0.3 is 0 Å². The number of nitrogens with one attached hydrogen (secondary N) is 1. The van der Waals surface area contributed by atoms with Gasteiger partial charge in [0.25, 0.3) is 0 Å². The number of benzene rings is 2. The van der Waals surface area contributed by atoms with E-state index in [0.717, 1.165) is 35.5 Å². The molecule has 6 nitrogen and oxygen atoms in total. The molecule has 1 saturated carbocycles. The smallest absolute Gasteiger partial charge is 0.228 e. The van der Waals surface area contributed by atoms with E-state index in [1.807, 2.05) is 41.1 Å². The molecule has 1 aromatic heterocycles. The summed E-state index contributed by atoms with van der Waals surface area (Å²) in [7, 11) is 0. The van der Waals surface area contributed by atoms with Gasteiger partial charge in [-0.25, -0.2) is 4.68 Å². The van der Waals surface area contributed by atoms with Crippen molar-refractivity contribution in [3.63, 3.8) is 0 Å². The van der Waals surface area contributed by atoms with Gasteiger partial charge in [0, 0.05) is 16.3 Å². The number of amides is 1. The lowest BCUT2D eigenvalue weighted by Gasteiger charge is -2.08. The Morgan fingerprint density at radius 3 is 2.76 bits per heavy atom. The third-order valence-corrected chi connectivity index (χ3v) is 4.32. The van der Waals surface area contributed by atoms with Crippen molar-refractivity contribution in [2.75, 3.05) is 5.32 Å². The molecule has 0 bridgehead atoms. The number of nitrogens with zero attached hydrogens (tertiary/aromatic N) is 4. The van der Waals surface area contributed by atoms with Gasteiger partial charge in [-0.1, -0.05) is 35.9 Å². The van der Waals surface area contributed by atoms with Crippen LogP contribution in [0.5, 0.6) is 0 Å². The summed E-state index contributed by atoms with van der Waals surface area (Å²) >= 11 is 5.86. The quantitative estimate of drug-likeness (QED) is 0.761. The summed E-state index contributed by atoms with van der Waals surface area (Å²) in [6.07, 6.45) is 2.51. The molecule has 4 rings (SSSR count). The molecule has 0 atom stereocenters. The summed E-state index contributed by atoms with van der Waals surface area (Å²) in [6, 6.07) is 15.2. The zero-order valence-electron chi connectivity index (χ0n) is 13.4. The Bertz CT molecular complexity index is 902. The van der Waals surface area contributed by atoms with Crippen molar-refractivity contribution < 1.29 is 4.79 Å². The standard InChI is InChI=1S/C18H16ClN5O/c19-14-6-4-12(5-7-14)10-17(25)20-15-3-1-2-13(11-15)18-21-22-23-24(18)16-8-9-16/h1-7,11,16H,8-10H2,(H,20,25). The third-order valence-electron chi connectivity index (χ3n) is 4.07. The zero-order valence-corrected chi connectivity index (χ0v) is 14.1. The first-order valence-electron chi connectivity index (χ1n) is 8.11. The Balaban J connectivity index is 1.48. The van der Waals surface area contributed by atoms with Gasteiger partial charge in [0.15, 0.2) is 5.82 Å². The minimum Gasteiger partial charge on any atom is -0.326 e. The van der Waals surface area contributed by atoms with E-state index in [0.29, 0.717) is 17.5 Å². The number of tetrazole rings is 1. The molecule has 1 amide bonds. The molecule has 1 heterocycles. The number of anilines is 1. The van der Waals surface area contributed by atoms with Gasteiger partial charge in [0.2, 0.25) is 5.91 Å². The van der Waals surface area contributed by atoms with Crippen LogP contribution in [0, 0.1) is 0 Å². The zero-order chi connectivity index (χ0) is 17.2. The molecule has 0 aliphatic heterocycles. The van der Waals surface area contributed by atoms with Crippen LogP contribution in [-0.2, 0) is 11.2 Å². The van der Waals surface area contributed by atoms with Crippen LogP contribution in [0.2, 0.25) is 5.02 Å². The highest BCUT2D eigenvalue weighted by Crippen LogP contribution is 2.36. The van der Waals surface area contributed by atoms with E-state index in [1.54, 1.807) is 12.1 Å². The molecule has 1 aliphatic carbocycles. The second-order valence-corrected chi connectivity index (χ2v) is 6.55. The van der Waals surface area contributed by atoms with E-state index < -0.39 is 0 Å². The third kappa shape index (κ3) is 3.69. The lowest BCUT2D eigenvalue weighted by molar-refractivity contribution is -0.115. The van der Waals surface area contributed by atoms with Gasteiger partial charge in [0.1, 0.15) is 0 Å². The van der Waals surface area contributed by atoms with Crippen molar-refractivity contribution in [2.45, 2.75) is 25.3 Å². The number of carbonyl (C=O) groups is 1. The van der Waals surface area contributed by atoms with E-state index in [-0.39, 0.29) is 5.91 Å². The lowest BCUT2D eigenvalue weighted by Crippen LogP contribution is -2.14. The maximum absolute atomic E-state index is 12.3. The van der Waals surface area contributed by atoms with Gasteiger partial charge in [-0.15, -0.1) is 5.10 Å². The van der Waals surface area contributed by atoms with Crippen LogP contribution in [0.25, 0.3) is 11.4 Å². The van der Waals surface area contributed by atoms with Crippen LogP contribution in [0.15, 0.2) is 48.5 Å². The van der Waals surface area contributed by atoms with E-state index >= 15 is 0 Å². The van der Waals surface area contributed by atoms with Gasteiger partial charge in [-0.3, -0.25) is 4.79 Å². The maximum Gasteiger partial charge on any atom is 0.228 e. The van der Waals surface area contributed by atoms with E-state index in [9.17, 15) is 4.79 Å². The molecule has 1 N–H and O–H groups in total. The number of rotatable bonds is 5. The molecule has 126 valence electrons. The molecular weight excluding hydrogens is 338 g/mol. The van der Waals surface area contributed by atoms with Crippen LogP contribution < -0.4 is 5.32 Å². The van der Waals surface area contributed by atoms with Crippen LogP contribution in [0.3, 0.4) is 0 Å². The Morgan fingerprint density at radius 2 is 2.00 bits per heavy atom. The monoisotopic (exact) mass is 353 g/mol. The van der Waals surface area contributed by atoms with Crippen molar-refractivity contribution in [3.8, 4) is 11.4 Å². The number of carbonyl (C=O) groups excluding carboxylic acids is 1. The molecule has 0 spiro atoms. The second kappa shape index (κ2) is 6.64. The average Bonchev–Trinajstić information content (AvgIpc) is 3.34. The summed E-state index contributed by atoms with van der Waals surface area (Å²) < 4.78 is 1.86. The lowest BCUT2D eigenvalue weighted by atomic mass is 10.1. The highest BCUT2D eigenvalue weighted by molar-refractivity contribution is 6.30. The highest BCUT2D eigenvalue weighted by atomic mass is 35.5. The fraction of sp³-hybridized carbons (Fsp3) is 0.222. The van der Waals surface area contributed by atoms with Crippen LogP contribution >= 0.6 is 11.6 Å². The first kappa shape index (κ1) is 15.8. The van der Waals surface area contributed by atoms with Crippen molar-refractivity contribution in [1.82, 2.24) is 20.2 Å². The fourth-order valence-electron chi connectivity index (χ4n) is 2.68. The van der Waals surface area contributed by atoms with Gasteiger partial charge in [-0.2, -0.15) is 0 Å². The van der Waals surface area contributed by atoms with E-state index in [1.165, 1.54) is 0 Å². The van der Waals surface area contributed by atoms with Crippen molar-refractivity contribution in [2.24, 2.45) is 0 Å². The van der Waals surface area contributed by atoms with Crippen LogP contribution in [0.1, 0.15) is 24.4 Å². The van der Waals surface area contributed by atoms with E-state index in [4.69, 9.17) is 11.6 Å². The minimum atomic E-state index is -0.0822. The SMILES string of the molecule is O=C(Cc1ccc(Cl)cc1)Nc1cccc(-c2nnnn2C2CC2)c1. The van der Waals surface area contributed by atoms with E-state index in [2.05, 4.69) is 20.8 Å².